The fourth-order valence-corrected chi connectivity index (χ4v) is 3.82. The van der Waals surface area contributed by atoms with E-state index in [0.717, 1.165) is 4.88 Å². The number of nitrogens with two attached hydrogens (primary N) is 1. The minimum absolute atomic E-state index is 0.150. The van der Waals surface area contributed by atoms with Crippen molar-refractivity contribution >= 4 is 21.4 Å². The van der Waals surface area contributed by atoms with Gasteiger partial charge in [-0.3, -0.25) is 0 Å². The molecule has 0 fully saturated rings. The van der Waals surface area contributed by atoms with Crippen LogP contribution in [-0.4, -0.2) is 28.2 Å². The fraction of sp³-hybridized carbons (Fsp3) is 0.600. The van der Waals surface area contributed by atoms with Crippen molar-refractivity contribution in [3.05, 3.63) is 17.0 Å². The van der Waals surface area contributed by atoms with E-state index in [1.54, 1.807) is 19.2 Å². The molecule has 1 heterocycles. The van der Waals surface area contributed by atoms with Crippen molar-refractivity contribution in [2.75, 3.05) is 13.7 Å². The zero-order valence-electron chi connectivity index (χ0n) is 9.97. The first-order valence-corrected chi connectivity index (χ1v) is 7.59. The van der Waals surface area contributed by atoms with Crippen molar-refractivity contribution in [2.45, 2.75) is 30.1 Å². The van der Waals surface area contributed by atoms with Crippen molar-refractivity contribution in [1.29, 1.82) is 0 Å². The van der Waals surface area contributed by atoms with Crippen molar-refractivity contribution in [1.82, 2.24) is 4.72 Å². The molecule has 98 valence electrons. The smallest absolute Gasteiger partial charge is 0.250 e. The molecule has 0 aliphatic carbocycles. The maximum atomic E-state index is 12.0. The lowest BCUT2D eigenvalue weighted by molar-refractivity contribution is 0.188. The van der Waals surface area contributed by atoms with Gasteiger partial charge >= 0.3 is 0 Å². The summed E-state index contributed by atoms with van der Waals surface area (Å²) in [4.78, 5) is 0.856. The molecule has 0 aliphatic rings. The van der Waals surface area contributed by atoms with Gasteiger partial charge in [-0.25, -0.2) is 13.1 Å². The topological polar surface area (TPSA) is 81.4 Å². The molecule has 0 radical (unpaired) electrons. The van der Waals surface area contributed by atoms with E-state index >= 15 is 0 Å². The van der Waals surface area contributed by atoms with Crippen molar-refractivity contribution < 1.29 is 13.2 Å². The number of rotatable bonds is 7. The SMILES string of the molecule is COCCC(C)NS(=O)(=O)c1ccc(CN)s1. The Morgan fingerprint density at radius 1 is 1.53 bits per heavy atom. The molecule has 0 saturated heterocycles. The van der Waals surface area contributed by atoms with Crippen LogP contribution >= 0.6 is 11.3 Å². The van der Waals surface area contributed by atoms with Crippen LogP contribution in [0.25, 0.3) is 0 Å². The van der Waals surface area contributed by atoms with Gasteiger partial charge in [0.1, 0.15) is 4.21 Å². The number of nitrogens with one attached hydrogen (secondary N) is 1. The molecule has 1 aromatic rings. The summed E-state index contributed by atoms with van der Waals surface area (Å²) in [5.41, 5.74) is 5.45. The molecule has 5 nitrogen and oxygen atoms in total. The summed E-state index contributed by atoms with van der Waals surface area (Å²) < 4.78 is 31.7. The van der Waals surface area contributed by atoms with Gasteiger partial charge in [-0.1, -0.05) is 0 Å². The highest BCUT2D eigenvalue weighted by molar-refractivity contribution is 7.91. The van der Waals surface area contributed by atoms with Crippen LogP contribution in [-0.2, 0) is 21.3 Å². The number of hydrogen-bond donors (Lipinski definition) is 2. The molecule has 0 saturated carbocycles. The first-order chi connectivity index (χ1) is 7.99. The Balaban J connectivity index is 2.68. The quantitative estimate of drug-likeness (QED) is 0.777. The van der Waals surface area contributed by atoms with Crippen molar-refractivity contribution in [3.63, 3.8) is 0 Å². The van der Waals surface area contributed by atoms with Crippen molar-refractivity contribution in [3.8, 4) is 0 Å². The molecule has 0 aromatic carbocycles. The van der Waals surface area contributed by atoms with Gasteiger partial charge in [0.05, 0.1) is 0 Å². The van der Waals surface area contributed by atoms with Gasteiger partial charge in [0.15, 0.2) is 0 Å². The minimum Gasteiger partial charge on any atom is -0.385 e. The van der Waals surface area contributed by atoms with Crippen molar-refractivity contribution in [2.24, 2.45) is 5.73 Å². The van der Waals surface area contributed by atoms with E-state index < -0.39 is 10.0 Å². The van der Waals surface area contributed by atoms with E-state index in [4.69, 9.17) is 10.5 Å². The Hall–Kier alpha value is -0.470. The maximum Gasteiger partial charge on any atom is 0.250 e. The summed E-state index contributed by atoms with van der Waals surface area (Å²) in [6, 6.07) is 3.17. The van der Waals surface area contributed by atoms with Crippen LogP contribution < -0.4 is 10.5 Å². The molecular weight excluding hydrogens is 260 g/mol. The number of sulfonamides is 1. The zero-order chi connectivity index (χ0) is 12.9. The summed E-state index contributed by atoms with van der Waals surface area (Å²) >= 11 is 1.20. The molecule has 7 heteroatoms. The molecule has 0 amide bonds. The lowest BCUT2D eigenvalue weighted by atomic mass is 10.3. The van der Waals surface area contributed by atoms with Gasteiger partial charge in [-0.15, -0.1) is 11.3 Å². The summed E-state index contributed by atoms with van der Waals surface area (Å²) in [7, 11) is -1.83. The lowest BCUT2D eigenvalue weighted by Gasteiger charge is -2.12. The third-order valence-corrected chi connectivity index (χ3v) is 5.40. The van der Waals surface area contributed by atoms with Crippen LogP contribution in [0.5, 0.6) is 0 Å². The number of thiophene rings is 1. The highest BCUT2D eigenvalue weighted by Crippen LogP contribution is 2.21. The van der Waals surface area contributed by atoms with Crippen LogP contribution in [0.2, 0.25) is 0 Å². The minimum atomic E-state index is -3.42. The largest absolute Gasteiger partial charge is 0.385 e. The predicted octanol–water partition coefficient (Wildman–Crippen LogP) is 0.910. The summed E-state index contributed by atoms with van der Waals surface area (Å²) in [5.74, 6) is 0. The average molecular weight is 278 g/mol. The molecule has 1 unspecified atom stereocenters. The molecule has 0 aliphatic heterocycles. The molecule has 1 rings (SSSR count). The molecule has 0 bridgehead atoms. The highest BCUT2D eigenvalue weighted by atomic mass is 32.2. The van der Waals surface area contributed by atoms with Gasteiger partial charge in [-0.2, -0.15) is 0 Å². The molecular formula is C10H18N2O3S2. The van der Waals surface area contributed by atoms with Gasteiger partial charge in [0, 0.05) is 31.2 Å². The Kier molecular flexibility index (Phi) is 5.54. The van der Waals surface area contributed by atoms with Crippen LogP contribution in [0.4, 0.5) is 0 Å². The number of hydrogen-bond acceptors (Lipinski definition) is 5. The average Bonchev–Trinajstić information content (AvgIpc) is 2.75. The standard InChI is InChI=1S/C10H18N2O3S2/c1-8(5-6-15-2)12-17(13,14)10-4-3-9(7-11)16-10/h3-4,8,12H,5-7,11H2,1-2H3. The van der Waals surface area contributed by atoms with Crippen LogP contribution in [0, 0.1) is 0 Å². The number of methoxy groups -OCH3 is 1. The molecule has 17 heavy (non-hydrogen) atoms. The third kappa shape index (κ3) is 4.36. The molecule has 3 N–H and O–H groups in total. The summed E-state index contributed by atoms with van der Waals surface area (Å²) in [6.45, 7) is 2.70. The molecule has 0 spiro atoms. The highest BCUT2D eigenvalue weighted by Gasteiger charge is 2.19. The lowest BCUT2D eigenvalue weighted by Crippen LogP contribution is -2.32. The van der Waals surface area contributed by atoms with E-state index in [2.05, 4.69) is 4.72 Å². The Bertz CT molecular complexity index is 442. The van der Waals surface area contributed by atoms with Crippen LogP contribution in [0.3, 0.4) is 0 Å². The fourth-order valence-electron chi connectivity index (χ4n) is 1.29. The maximum absolute atomic E-state index is 12.0. The summed E-state index contributed by atoms with van der Waals surface area (Å²) in [6.07, 6.45) is 0.644. The van der Waals surface area contributed by atoms with E-state index in [0.29, 0.717) is 23.8 Å². The molecule has 1 aromatic heterocycles. The third-order valence-electron chi connectivity index (χ3n) is 2.21. The Labute approximate surface area is 106 Å². The van der Waals surface area contributed by atoms with E-state index in [1.165, 1.54) is 11.3 Å². The normalized spacial score (nSPS) is 13.8. The van der Waals surface area contributed by atoms with Crippen LogP contribution in [0.15, 0.2) is 16.3 Å². The Morgan fingerprint density at radius 2 is 2.24 bits per heavy atom. The van der Waals surface area contributed by atoms with E-state index in [1.807, 2.05) is 6.92 Å². The summed E-state index contributed by atoms with van der Waals surface area (Å²) in [5, 5.41) is 0. The van der Waals surface area contributed by atoms with E-state index in [9.17, 15) is 8.42 Å². The van der Waals surface area contributed by atoms with Gasteiger partial charge in [0.25, 0.3) is 0 Å². The second-order valence-corrected chi connectivity index (χ2v) is 6.84. The first kappa shape index (κ1) is 14.6. The first-order valence-electron chi connectivity index (χ1n) is 5.29. The second-order valence-electron chi connectivity index (χ2n) is 3.73. The van der Waals surface area contributed by atoms with Crippen LogP contribution in [0.1, 0.15) is 18.2 Å². The Morgan fingerprint density at radius 3 is 2.76 bits per heavy atom. The predicted molar refractivity (Wildman–Crippen MR) is 68.5 cm³/mol. The zero-order valence-corrected chi connectivity index (χ0v) is 11.6. The van der Waals surface area contributed by atoms with Gasteiger partial charge in [-0.05, 0) is 25.5 Å². The van der Waals surface area contributed by atoms with Gasteiger partial charge < -0.3 is 10.5 Å². The molecule has 1 atom stereocenters. The second kappa shape index (κ2) is 6.46. The number of ether oxygens (including phenoxy) is 1. The monoisotopic (exact) mass is 278 g/mol. The van der Waals surface area contributed by atoms with Gasteiger partial charge in [0.2, 0.25) is 10.0 Å². The van der Waals surface area contributed by atoms with E-state index in [-0.39, 0.29) is 6.04 Å².